The molecule has 0 fully saturated rings. The highest BCUT2D eigenvalue weighted by atomic mass is 79.9. The fraction of sp³-hybridized carbons (Fsp3) is 0.238. The first-order valence-electron chi connectivity index (χ1n) is 8.55. The van der Waals surface area contributed by atoms with Crippen molar-refractivity contribution in [2.75, 3.05) is 0 Å². The van der Waals surface area contributed by atoms with E-state index in [2.05, 4.69) is 51.5 Å². The van der Waals surface area contributed by atoms with Gasteiger partial charge in [0.2, 0.25) is 0 Å². The molecule has 0 saturated carbocycles. The highest BCUT2D eigenvalue weighted by molar-refractivity contribution is 9.10. The molecule has 1 aromatic heterocycles. The summed E-state index contributed by atoms with van der Waals surface area (Å²) in [7, 11) is 0. The lowest BCUT2D eigenvalue weighted by Crippen LogP contribution is -2.23. The van der Waals surface area contributed by atoms with Gasteiger partial charge in [-0.1, -0.05) is 40.2 Å². The molecule has 0 aliphatic carbocycles. The smallest absolute Gasteiger partial charge is 0.251 e. The Morgan fingerprint density at radius 2 is 1.85 bits per heavy atom. The zero-order valence-electron chi connectivity index (χ0n) is 15.2. The molecule has 0 bridgehead atoms. The average molecular weight is 412 g/mol. The van der Waals surface area contributed by atoms with Crippen LogP contribution in [0.2, 0.25) is 0 Å². The second-order valence-electron chi connectivity index (χ2n) is 6.55. The topological polar surface area (TPSA) is 46.9 Å². The molecular formula is C21H22BrN3O. The molecular weight excluding hydrogens is 390 g/mol. The van der Waals surface area contributed by atoms with Gasteiger partial charge in [0, 0.05) is 22.3 Å². The maximum atomic E-state index is 12.4. The number of nitrogens with zero attached hydrogens (tertiary/aromatic N) is 2. The highest BCUT2D eigenvalue weighted by Gasteiger charge is 2.09. The third-order valence-electron chi connectivity index (χ3n) is 4.31. The lowest BCUT2D eigenvalue weighted by molar-refractivity contribution is 0.0950. The zero-order valence-corrected chi connectivity index (χ0v) is 16.8. The lowest BCUT2D eigenvalue weighted by atomic mass is 10.1. The molecule has 0 aliphatic rings. The number of hydrogen-bond donors (Lipinski definition) is 1. The minimum Gasteiger partial charge on any atom is -0.348 e. The first-order valence-corrected chi connectivity index (χ1v) is 9.35. The average Bonchev–Trinajstić information content (AvgIpc) is 2.90. The molecule has 1 amide bonds. The molecule has 1 heterocycles. The molecule has 26 heavy (non-hydrogen) atoms. The maximum absolute atomic E-state index is 12.4. The molecule has 0 aliphatic heterocycles. The Labute approximate surface area is 162 Å². The second-order valence-corrected chi connectivity index (χ2v) is 7.46. The standard InChI is InChI=1S/C21H22BrN3O/c1-14-9-19(22)7-8-20(14)21(26)23-12-17-5-4-6-18(11-17)13-25-16(3)10-15(2)24-25/h4-11H,12-13H2,1-3H3,(H,23,26). The van der Waals surface area contributed by atoms with Crippen LogP contribution >= 0.6 is 15.9 Å². The first kappa shape index (κ1) is 18.4. The van der Waals surface area contributed by atoms with Gasteiger partial charge >= 0.3 is 0 Å². The van der Waals surface area contributed by atoms with E-state index < -0.39 is 0 Å². The summed E-state index contributed by atoms with van der Waals surface area (Å²) < 4.78 is 2.97. The summed E-state index contributed by atoms with van der Waals surface area (Å²) in [5, 5.41) is 7.51. The summed E-state index contributed by atoms with van der Waals surface area (Å²) in [5.74, 6) is -0.0565. The van der Waals surface area contributed by atoms with Crippen LogP contribution in [0.3, 0.4) is 0 Å². The number of amides is 1. The lowest BCUT2D eigenvalue weighted by Gasteiger charge is -2.10. The van der Waals surface area contributed by atoms with Crippen LogP contribution in [0.25, 0.3) is 0 Å². The van der Waals surface area contributed by atoms with Gasteiger partial charge in [0.25, 0.3) is 5.91 Å². The van der Waals surface area contributed by atoms with E-state index in [9.17, 15) is 4.79 Å². The molecule has 3 rings (SSSR count). The summed E-state index contributed by atoms with van der Waals surface area (Å²) in [5.41, 5.74) is 6.07. The molecule has 4 nitrogen and oxygen atoms in total. The van der Waals surface area contributed by atoms with Crippen molar-refractivity contribution >= 4 is 21.8 Å². The third-order valence-corrected chi connectivity index (χ3v) is 4.81. The molecule has 0 saturated heterocycles. The zero-order chi connectivity index (χ0) is 18.7. The summed E-state index contributed by atoms with van der Waals surface area (Å²) in [4.78, 5) is 12.4. The Hall–Kier alpha value is -2.40. The number of hydrogen-bond acceptors (Lipinski definition) is 2. The van der Waals surface area contributed by atoms with Crippen LogP contribution in [-0.4, -0.2) is 15.7 Å². The fourth-order valence-electron chi connectivity index (χ4n) is 3.01. The van der Waals surface area contributed by atoms with Crippen LogP contribution in [0.15, 0.2) is 53.0 Å². The van der Waals surface area contributed by atoms with Crippen molar-refractivity contribution < 1.29 is 4.79 Å². The number of rotatable bonds is 5. The number of halogens is 1. The van der Waals surface area contributed by atoms with E-state index in [1.807, 2.05) is 48.9 Å². The summed E-state index contributed by atoms with van der Waals surface area (Å²) in [6.45, 7) is 7.23. The van der Waals surface area contributed by atoms with E-state index in [-0.39, 0.29) is 5.91 Å². The van der Waals surface area contributed by atoms with Crippen LogP contribution in [0.4, 0.5) is 0 Å². The minimum absolute atomic E-state index is 0.0565. The van der Waals surface area contributed by atoms with Crippen molar-refractivity contribution in [3.05, 3.63) is 86.6 Å². The third kappa shape index (κ3) is 4.41. The van der Waals surface area contributed by atoms with Gasteiger partial charge in [0.15, 0.2) is 0 Å². The van der Waals surface area contributed by atoms with Gasteiger partial charge < -0.3 is 5.32 Å². The molecule has 2 aromatic carbocycles. The van der Waals surface area contributed by atoms with Gasteiger partial charge in [-0.2, -0.15) is 5.10 Å². The Balaban J connectivity index is 1.67. The summed E-state index contributed by atoms with van der Waals surface area (Å²) in [6, 6.07) is 16.0. The van der Waals surface area contributed by atoms with E-state index in [4.69, 9.17) is 0 Å². The number of aromatic nitrogens is 2. The molecule has 1 N–H and O–H groups in total. The first-order chi connectivity index (χ1) is 12.4. The van der Waals surface area contributed by atoms with Gasteiger partial charge in [-0.25, -0.2) is 0 Å². The molecule has 0 radical (unpaired) electrons. The van der Waals surface area contributed by atoms with E-state index >= 15 is 0 Å². The van der Waals surface area contributed by atoms with E-state index in [1.165, 1.54) is 5.56 Å². The molecule has 5 heteroatoms. The number of benzene rings is 2. The Morgan fingerprint density at radius 3 is 2.54 bits per heavy atom. The van der Waals surface area contributed by atoms with Crippen LogP contribution in [-0.2, 0) is 13.1 Å². The van der Waals surface area contributed by atoms with Crippen LogP contribution in [0, 0.1) is 20.8 Å². The van der Waals surface area contributed by atoms with Crippen molar-refractivity contribution in [1.29, 1.82) is 0 Å². The molecule has 0 unspecified atom stereocenters. The normalized spacial score (nSPS) is 10.8. The number of carbonyl (C=O) groups is 1. The van der Waals surface area contributed by atoms with Crippen LogP contribution in [0.1, 0.15) is 38.4 Å². The summed E-state index contributed by atoms with van der Waals surface area (Å²) >= 11 is 3.42. The molecule has 0 spiro atoms. The number of carbonyl (C=O) groups excluding carboxylic acids is 1. The fourth-order valence-corrected chi connectivity index (χ4v) is 3.48. The van der Waals surface area contributed by atoms with Crippen molar-refractivity contribution in [1.82, 2.24) is 15.1 Å². The van der Waals surface area contributed by atoms with E-state index in [0.717, 1.165) is 33.5 Å². The van der Waals surface area contributed by atoms with Crippen LogP contribution < -0.4 is 5.32 Å². The number of aryl methyl sites for hydroxylation is 3. The van der Waals surface area contributed by atoms with Crippen molar-refractivity contribution in [3.63, 3.8) is 0 Å². The van der Waals surface area contributed by atoms with Gasteiger partial charge in [-0.05, 0) is 61.7 Å². The van der Waals surface area contributed by atoms with Gasteiger partial charge in [0.05, 0.1) is 12.2 Å². The number of nitrogens with one attached hydrogen (secondary N) is 1. The van der Waals surface area contributed by atoms with Gasteiger partial charge in [-0.15, -0.1) is 0 Å². The van der Waals surface area contributed by atoms with Crippen molar-refractivity contribution in [3.8, 4) is 0 Å². The van der Waals surface area contributed by atoms with Crippen LogP contribution in [0.5, 0.6) is 0 Å². The predicted octanol–water partition coefficient (Wildman–Crippen LogP) is 4.55. The highest BCUT2D eigenvalue weighted by Crippen LogP contribution is 2.16. The van der Waals surface area contributed by atoms with E-state index in [0.29, 0.717) is 12.1 Å². The largest absolute Gasteiger partial charge is 0.348 e. The van der Waals surface area contributed by atoms with Crippen molar-refractivity contribution in [2.24, 2.45) is 0 Å². The molecule has 3 aromatic rings. The maximum Gasteiger partial charge on any atom is 0.251 e. The molecule has 0 atom stereocenters. The SMILES string of the molecule is Cc1cc(C)n(Cc2cccc(CNC(=O)c3ccc(Br)cc3C)c2)n1. The van der Waals surface area contributed by atoms with Gasteiger partial charge in [-0.3, -0.25) is 9.48 Å². The Kier molecular flexibility index (Phi) is 5.57. The van der Waals surface area contributed by atoms with Crippen molar-refractivity contribution in [2.45, 2.75) is 33.9 Å². The quantitative estimate of drug-likeness (QED) is 0.669. The molecule has 134 valence electrons. The van der Waals surface area contributed by atoms with Gasteiger partial charge in [0.1, 0.15) is 0 Å². The second kappa shape index (κ2) is 7.87. The minimum atomic E-state index is -0.0565. The Bertz CT molecular complexity index is 946. The predicted molar refractivity (Wildman–Crippen MR) is 107 cm³/mol. The van der Waals surface area contributed by atoms with E-state index in [1.54, 1.807) is 0 Å². The summed E-state index contributed by atoms with van der Waals surface area (Å²) in [6.07, 6.45) is 0. The Morgan fingerprint density at radius 1 is 1.08 bits per heavy atom. The monoisotopic (exact) mass is 411 g/mol.